The van der Waals surface area contributed by atoms with Gasteiger partial charge in [-0.2, -0.15) is 0 Å². The van der Waals surface area contributed by atoms with Gasteiger partial charge >= 0.3 is 6.36 Å². The second-order valence-corrected chi connectivity index (χ2v) is 4.45. The van der Waals surface area contributed by atoms with Crippen molar-refractivity contribution < 1.29 is 22.8 Å². The van der Waals surface area contributed by atoms with Gasteiger partial charge in [0.2, 0.25) is 0 Å². The molecule has 0 radical (unpaired) electrons. The number of hydrogen-bond donors (Lipinski definition) is 1. The maximum atomic E-state index is 12.1. The van der Waals surface area contributed by atoms with Crippen LogP contribution in [0.1, 0.15) is 17.2 Å². The molecule has 0 fully saturated rings. The molecule has 2 N–H and O–H groups in total. The SMILES string of the molecule is Cl.N[C@H](c1ccc(OC(F)(F)F)cc1)c1cccc([N+](=O)[O-])c1. The summed E-state index contributed by atoms with van der Waals surface area (Å²) in [4.78, 5) is 10.2. The number of nitro groups is 1. The van der Waals surface area contributed by atoms with Crippen LogP contribution in [0.4, 0.5) is 18.9 Å². The van der Waals surface area contributed by atoms with Crippen molar-refractivity contribution >= 4 is 18.1 Å². The molecule has 0 bridgehead atoms. The Labute approximate surface area is 135 Å². The zero-order chi connectivity index (χ0) is 16.3. The van der Waals surface area contributed by atoms with Crippen molar-refractivity contribution in [3.63, 3.8) is 0 Å². The molecular weight excluding hydrogens is 337 g/mol. The molecule has 0 aliphatic carbocycles. The Morgan fingerprint density at radius 2 is 1.70 bits per heavy atom. The van der Waals surface area contributed by atoms with Crippen LogP contribution in [0, 0.1) is 10.1 Å². The summed E-state index contributed by atoms with van der Waals surface area (Å²) in [6, 6.07) is 10.1. The van der Waals surface area contributed by atoms with E-state index in [1.807, 2.05) is 0 Å². The summed E-state index contributed by atoms with van der Waals surface area (Å²) >= 11 is 0. The summed E-state index contributed by atoms with van der Waals surface area (Å²) in [6.07, 6.45) is -4.76. The topological polar surface area (TPSA) is 78.4 Å². The van der Waals surface area contributed by atoms with Crippen molar-refractivity contribution in [3.8, 4) is 5.75 Å². The number of hydrogen-bond acceptors (Lipinski definition) is 4. The average Bonchev–Trinajstić information content (AvgIpc) is 2.46. The Morgan fingerprint density at radius 1 is 1.09 bits per heavy atom. The number of halogens is 4. The van der Waals surface area contributed by atoms with Crippen molar-refractivity contribution in [1.29, 1.82) is 0 Å². The largest absolute Gasteiger partial charge is 0.573 e. The molecule has 124 valence electrons. The van der Waals surface area contributed by atoms with Crippen molar-refractivity contribution in [2.75, 3.05) is 0 Å². The van der Waals surface area contributed by atoms with Gasteiger partial charge in [-0.1, -0.05) is 24.3 Å². The van der Waals surface area contributed by atoms with Gasteiger partial charge in [0, 0.05) is 12.1 Å². The van der Waals surface area contributed by atoms with Gasteiger partial charge in [-0.05, 0) is 23.3 Å². The highest BCUT2D eigenvalue weighted by Crippen LogP contribution is 2.27. The number of nitrogens with zero attached hydrogens (tertiary/aromatic N) is 1. The predicted octanol–water partition coefficient (Wildman–Crippen LogP) is 3.96. The second kappa shape index (κ2) is 7.30. The number of ether oxygens (including phenoxy) is 1. The number of non-ortho nitro benzene ring substituents is 1. The molecule has 0 heterocycles. The minimum atomic E-state index is -4.76. The lowest BCUT2D eigenvalue weighted by Crippen LogP contribution is -2.17. The van der Waals surface area contributed by atoms with Crippen LogP contribution in [-0.2, 0) is 0 Å². The van der Waals surface area contributed by atoms with E-state index in [1.54, 1.807) is 6.07 Å². The number of nitrogens with two attached hydrogens (primary N) is 1. The monoisotopic (exact) mass is 348 g/mol. The zero-order valence-corrected chi connectivity index (χ0v) is 12.3. The Balaban J connectivity index is 0.00000264. The fourth-order valence-electron chi connectivity index (χ4n) is 1.90. The molecule has 2 rings (SSSR count). The quantitative estimate of drug-likeness (QED) is 0.670. The molecule has 9 heteroatoms. The summed E-state index contributed by atoms with van der Waals surface area (Å²) in [6.45, 7) is 0. The van der Waals surface area contributed by atoms with E-state index >= 15 is 0 Å². The van der Waals surface area contributed by atoms with Crippen LogP contribution in [0.15, 0.2) is 48.5 Å². The molecular formula is C14H12ClF3N2O3. The van der Waals surface area contributed by atoms with Gasteiger partial charge < -0.3 is 10.5 Å². The molecule has 2 aromatic carbocycles. The third kappa shape index (κ3) is 5.11. The Bertz CT molecular complexity index is 678. The van der Waals surface area contributed by atoms with E-state index in [1.165, 1.54) is 30.3 Å². The van der Waals surface area contributed by atoms with Crippen LogP contribution < -0.4 is 10.5 Å². The van der Waals surface area contributed by atoms with Gasteiger partial charge in [0.25, 0.3) is 5.69 Å². The Hall–Kier alpha value is -2.32. The summed E-state index contributed by atoms with van der Waals surface area (Å²) in [5.41, 5.74) is 6.86. The molecule has 5 nitrogen and oxygen atoms in total. The number of nitro benzene ring substituents is 1. The number of benzene rings is 2. The van der Waals surface area contributed by atoms with Crippen molar-refractivity contribution in [2.45, 2.75) is 12.4 Å². The van der Waals surface area contributed by atoms with Crippen LogP contribution in [-0.4, -0.2) is 11.3 Å². The standard InChI is InChI=1S/C14H11F3N2O3.ClH/c15-14(16,17)22-12-6-4-9(5-7-12)13(18)10-2-1-3-11(8-10)19(20)21;/h1-8,13H,18H2;1H/t13-;/m1./s1. The van der Waals surface area contributed by atoms with Crippen molar-refractivity contribution in [1.82, 2.24) is 0 Å². The van der Waals surface area contributed by atoms with Gasteiger partial charge in [0.05, 0.1) is 11.0 Å². The summed E-state index contributed by atoms with van der Waals surface area (Å²) < 4.78 is 40.0. The maximum Gasteiger partial charge on any atom is 0.573 e. The van der Waals surface area contributed by atoms with Crippen molar-refractivity contribution in [3.05, 3.63) is 69.8 Å². The van der Waals surface area contributed by atoms with E-state index in [0.717, 1.165) is 12.1 Å². The number of alkyl halides is 3. The van der Waals surface area contributed by atoms with Crippen LogP contribution in [0.2, 0.25) is 0 Å². The molecule has 0 aliphatic rings. The highest BCUT2D eigenvalue weighted by atomic mass is 35.5. The summed E-state index contributed by atoms with van der Waals surface area (Å²) in [5.74, 6) is -0.359. The first-order valence-electron chi connectivity index (χ1n) is 6.12. The molecule has 1 atom stereocenters. The molecule has 23 heavy (non-hydrogen) atoms. The highest BCUT2D eigenvalue weighted by molar-refractivity contribution is 5.85. The third-order valence-corrected chi connectivity index (χ3v) is 2.91. The fraction of sp³-hybridized carbons (Fsp3) is 0.143. The Kier molecular flexibility index (Phi) is 5.94. The van der Waals surface area contributed by atoms with Gasteiger partial charge in [-0.3, -0.25) is 10.1 Å². The van der Waals surface area contributed by atoms with Gasteiger partial charge in [0.1, 0.15) is 5.75 Å². The van der Waals surface area contributed by atoms with Crippen LogP contribution >= 0.6 is 12.4 Å². The summed E-state index contributed by atoms with van der Waals surface area (Å²) in [5, 5.41) is 10.7. The average molecular weight is 349 g/mol. The first-order valence-corrected chi connectivity index (χ1v) is 6.12. The first-order chi connectivity index (χ1) is 10.3. The number of rotatable bonds is 4. The van der Waals surface area contributed by atoms with Gasteiger partial charge in [-0.15, -0.1) is 25.6 Å². The molecule has 0 amide bonds. The summed E-state index contributed by atoms with van der Waals surface area (Å²) in [7, 11) is 0. The van der Waals surface area contributed by atoms with Crippen LogP contribution in [0.5, 0.6) is 5.75 Å². The lowest BCUT2D eigenvalue weighted by atomic mass is 9.99. The predicted molar refractivity (Wildman–Crippen MR) is 79.5 cm³/mol. The zero-order valence-electron chi connectivity index (χ0n) is 11.5. The molecule has 0 aromatic heterocycles. The molecule has 0 saturated carbocycles. The van der Waals surface area contributed by atoms with E-state index in [0.29, 0.717) is 11.1 Å². The van der Waals surface area contributed by atoms with E-state index in [-0.39, 0.29) is 23.8 Å². The Morgan fingerprint density at radius 3 is 2.22 bits per heavy atom. The first kappa shape index (κ1) is 18.7. The van der Waals surface area contributed by atoms with E-state index in [4.69, 9.17) is 5.73 Å². The maximum absolute atomic E-state index is 12.1. The molecule has 0 unspecified atom stereocenters. The normalized spacial score (nSPS) is 12.2. The fourth-order valence-corrected chi connectivity index (χ4v) is 1.90. The third-order valence-electron chi connectivity index (χ3n) is 2.91. The molecule has 2 aromatic rings. The minimum Gasteiger partial charge on any atom is -0.406 e. The van der Waals surface area contributed by atoms with E-state index in [9.17, 15) is 23.3 Å². The van der Waals surface area contributed by atoms with Crippen molar-refractivity contribution in [2.24, 2.45) is 5.73 Å². The lowest BCUT2D eigenvalue weighted by molar-refractivity contribution is -0.384. The highest BCUT2D eigenvalue weighted by Gasteiger charge is 2.31. The van der Waals surface area contributed by atoms with Crippen LogP contribution in [0.25, 0.3) is 0 Å². The van der Waals surface area contributed by atoms with Crippen LogP contribution in [0.3, 0.4) is 0 Å². The second-order valence-electron chi connectivity index (χ2n) is 4.45. The van der Waals surface area contributed by atoms with Gasteiger partial charge in [-0.25, -0.2) is 0 Å². The smallest absolute Gasteiger partial charge is 0.406 e. The molecule has 0 spiro atoms. The molecule has 0 aliphatic heterocycles. The van der Waals surface area contributed by atoms with E-state index in [2.05, 4.69) is 4.74 Å². The molecule has 0 saturated heterocycles. The van der Waals surface area contributed by atoms with Gasteiger partial charge in [0.15, 0.2) is 0 Å². The lowest BCUT2D eigenvalue weighted by Gasteiger charge is -2.14. The minimum absolute atomic E-state index is 0. The van der Waals surface area contributed by atoms with E-state index < -0.39 is 17.3 Å².